The van der Waals surface area contributed by atoms with Gasteiger partial charge in [0.1, 0.15) is 5.60 Å². The van der Waals surface area contributed by atoms with Gasteiger partial charge in [0.25, 0.3) is 0 Å². The first-order valence-electron chi connectivity index (χ1n) is 16.4. The molecule has 47 heavy (non-hydrogen) atoms. The van der Waals surface area contributed by atoms with Gasteiger partial charge in [-0.3, -0.25) is 9.59 Å². The number of carbonyl (C=O) groups is 3. The molecule has 1 saturated heterocycles. The number of hydrogen-bond acceptors (Lipinski definition) is 7. The molecule has 1 aliphatic rings. The van der Waals surface area contributed by atoms with Gasteiger partial charge in [0.2, 0.25) is 11.8 Å². The summed E-state index contributed by atoms with van der Waals surface area (Å²) in [6, 6.07) is 28.7. The highest BCUT2D eigenvalue weighted by molar-refractivity contribution is 7.22. The summed E-state index contributed by atoms with van der Waals surface area (Å²) in [5.41, 5.74) is 2.77. The number of aromatic nitrogens is 1. The number of para-hydroxylation sites is 1. The van der Waals surface area contributed by atoms with E-state index in [1.165, 1.54) is 22.5 Å². The lowest BCUT2D eigenvalue weighted by atomic mass is 9.88. The molecule has 0 saturated carbocycles. The van der Waals surface area contributed by atoms with E-state index >= 15 is 0 Å². The zero-order valence-corrected chi connectivity index (χ0v) is 28.4. The van der Waals surface area contributed by atoms with Crippen molar-refractivity contribution in [3.05, 3.63) is 96.1 Å². The van der Waals surface area contributed by atoms with Gasteiger partial charge in [-0.05, 0) is 56.9 Å². The molecule has 1 aromatic heterocycles. The van der Waals surface area contributed by atoms with Gasteiger partial charge in [-0.1, -0.05) is 84.1 Å². The maximum absolute atomic E-state index is 13.7. The molecule has 4 aromatic rings. The molecule has 3 aromatic carbocycles. The summed E-state index contributed by atoms with van der Waals surface area (Å²) in [7, 11) is 0. The summed E-state index contributed by atoms with van der Waals surface area (Å²) in [6.07, 6.45) is 1.30. The molecular formula is C37H45N5O4S. The number of anilines is 1. The lowest BCUT2D eigenvalue weighted by molar-refractivity contribution is -0.134. The Morgan fingerprint density at radius 2 is 1.45 bits per heavy atom. The first kappa shape index (κ1) is 33.9. The van der Waals surface area contributed by atoms with Crippen LogP contribution in [0, 0.1) is 0 Å². The predicted molar refractivity (Wildman–Crippen MR) is 188 cm³/mol. The molecule has 0 atom stereocenters. The highest BCUT2D eigenvalue weighted by Gasteiger charge is 2.28. The van der Waals surface area contributed by atoms with Gasteiger partial charge in [-0.2, -0.15) is 0 Å². The van der Waals surface area contributed by atoms with Crippen molar-refractivity contribution >= 4 is 44.6 Å². The van der Waals surface area contributed by atoms with Gasteiger partial charge in [0.05, 0.1) is 16.8 Å². The summed E-state index contributed by atoms with van der Waals surface area (Å²) in [4.78, 5) is 49.2. The normalized spacial score (nSPS) is 13.5. The van der Waals surface area contributed by atoms with E-state index in [1.807, 2.05) is 67.0 Å². The molecule has 1 aliphatic heterocycles. The van der Waals surface area contributed by atoms with Crippen molar-refractivity contribution in [2.24, 2.45) is 0 Å². The minimum Gasteiger partial charge on any atom is -0.444 e. The number of amides is 3. The Morgan fingerprint density at radius 3 is 2.06 bits per heavy atom. The molecule has 0 spiro atoms. The molecule has 0 bridgehead atoms. The number of nitrogens with one attached hydrogen (secondary N) is 1. The first-order chi connectivity index (χ1) is 22.7. The van der Waals surface area contributed by atoms with Crippen molar-refractivity contribution in [2.75, 3.05) is 51.1 Å². The number of benzene rings is 3. The second kappa shape index (κ2) is 15.9. The van der Waals surface area contributed by atoms with E-state index in [0.717, 1.165) is 16.6 Å². The number of nitrogens with zero attached hydrogens (tertiary/aromatic N) is 4. The van der Waals surface area contributed by atoms with E-state index < -0.39 is 5.60 Å². The first-order valence-corrected chi connectivity index (χ1v) is 17.2. The van der Waals surface area contributed by atoms with Crippen LogP contribution in [-0.4, -0.2) is 89.0 Å². The third-order valence-corrected chi connectivity index (χ3v) is 9.23. The smallest absolute Gasteiger partial charge is 0.410 e. The number of ether oxygens (including phenoxy) is 1. The summed E-state index contributed by atoms with van der Waals surface area (Å²) >= 11 is 1.53. The minimum absolute atomic E-state index is 0.0254. The molecule has 3 amide bonds. The molecule has 0 unspecified atom stereocenters. The van der Waals surface area contributed by atoms with E-state index in [2.05, 4.69) is 58.8 Å². The third-order valence-electron chi connectivity index (χ3n) is 8.23. The molecule has 10 heteroatoms. The van der Waals surface area contributed by atoms with Crippen molar-refractivity contribution in [1.29, 1.82) is 0 Å². The Hall–Kier alpha value is -4.44. The zero-order chi connectivity index (χ0) is 33.2. The highest BCUT2D eigenvalue weighted by atomic mass is 32.1. The van der Waals surface area contributed by atoms with Crippen LogP contribution in [-0.2, 0) is 14.3 Å². The monoisotopic (exact) mass is 655 g/mol. The van der Waals surface area contributed by atoms with Gasteiger partial charge in [-0.15, -0.1) is 0 Å². The van der Waals surface area contributed by atoms with Gasteiger partial charge in [-0.25, -0.2) is 9.78 Å². The van der Waals surface area contributed by atoms with Crippen LogP contribution in [0.15, 0.2) is 84.9 Å². The summed E-state index contributed by atoms with van der Waals surface area (Å²) < 4.78 is 6.55. The average Bonchev–Trinajstić information content (AvgIpc) is 3.50. The van der Waals surface area contributed by atoms with E-state index in [4.69, 9.17) is 4.74 Å². The van der Waals surface area contributed by atoms with Crippen molar-refractivity contribution < 1.29 is 19.1 Å². The van der Waals surface area contributed by atoms with Crippen LogP contribution in [0.2, 0.25) is 0 Å². The summed E-state index contributed by atoms with van der Waals surface area (Å²) in [5, 5.41) is 3.96. The highest BCUT2D eigenvalue weighted by Crippen LogP contribution is 2.29. The second-order valence-electron chi connectivity index (χ2n) is 12.8. The second-order valence-corrected chi connectivity index (χ2v) is 13.9. The van der Waals surface area contributed by atoms with Crippen LogP contribution in [0.4, 0.5) is 9.93 Å². The van der Waals surface area contributed by atoms with E-state index in [-0.39, 0.29) is 30.4 Å². The summed E-state index contributed by atoms with van der Waals surface area (Å²) in [5.74, 6) is 0.149. The maximum atomic E-state index is 13.7. The Morgan fingerprint density at radius 1 is 0.851 bits per heavy atom. The molecule has 5 rings (SSSR count). The molecule has 9 nitrogen and oxygen atoms in total. The van der Waals surface area contributed by atoms with Gasteiger partial charge in [0.15, 0.2) is 5.13 Å². The number of carbonyl (C=O) groups excluding carboxylic acids is 3. The predicted octanol–water partition coefficient (Wildman–Crippen LogP) is 6.62. The molecular weight excluding hydrogens is 611 g/mol. The molecule has 0 radical (unpaired) electrons. The quantitative estimate of drug-likeness (QED) is 0.184. The van der Waals surface area contributed by atoms with Crippen LogP contribution in [0.5, 0.6) is 0 Å². The van der Waals surface area contributed by atoms with Crippen molar-refractivity contribution in [1.82, 2.24) is 19.7 Å². The Labute approximate surface area is 281 Å². The van der Waals surface area contributed by atoms with Gasteiger partial charge >= 0.3 is 6.09 Å². The lowest BCUT2D eigenvalue weighted by Gasteiger charge is -2.35. The molecule has 1 N–H and O–H groups in total. The lowest BCUT2D eigenvalue weighted by Crippen LogP contribution is -2.51. The largest absolute Gasteiger partial charge is 0.444 e. The number of fused-ring (bicyclic) bond motifs is 1. The fourth-order valence-electron chi connectivity index (χ4n) is 5.80. The van der Waals surface area contributed by atoms with Gasteiger partial charge < -0.3 is 24.8 Å². The van der Waals surface area contributed by atoms with Crippen LogP contribution in [0.1, 0.15) is 57.1 Å². The Bertz CT molecular complexity index is 1540. The van der Waals surface area contributed by atoms with E-state index in [0.29, 0.717) is 57.2 Å². The number of rotatable bonds is 12. The molecule has 2 heterocycles. The van der Waals surface area contributed by atoms with Crippen molar-refractivity contribution in [2.45, 2.75) is 51.6 Å². The van der Waals surface area contributed by atoms with E-state index in [9.17, 15) is 14.4 Å². The van der Waals surface area contributed by atoms with Crippen molar-refractivity contribution in [3.8, 4) is 0 Å². The SMILES string of the molecule is CC(C)(C)OC(=O)N1CCN(C(=O)CCCN(CCC(c2ccccc2)c2ccccc2)C(=O)CNc2nc3ccccc3s2)CC1. The number of piperazine rings is 1. The van der Waals surface area contributed by atoms with Crippen LogP contribution < -0.4 is 5.32 Å². The third kappa shape index (κ3) is 9.78. The minimum atomic E-state index is -0.556. The Balaban J connectivity index is 1.20. The molecule has 1 fully saturated rings. The average molecular weight is 656 g/mol. The summed E-state index contributed by atoms with van der Waals surface area (Å²) in [6.45, 7) is 8.54. The van der Waals surface area contributed by atoms with E-state index in [1.54, 1.807) is 4.90 Å². The topological polar surface area (TPSA) is 95.1 Å². The van der Waals surface area contributed by atoms with Crippen LogP contribution in [0.3, 0.4) is 0 Å². The van der Waals surface area contributed by atoms with Crippen LogP contribution in [0.25, 0.3) is 10.2 Å². The fraction of sp³-hybridized carbons (Fsp3) is 0.405. The standard InChI is InChI=1S/C37H45N5O4S/c1-37(2,3)46-36(45)42-25-23-41(24-26-42)33(43)19-12-21-40(34(44)27-38-35-39-31-17-10-11-18-32(31)47-35)22-20-30(28-13-6-4-7-14-28)29-15-8-5-9-16-29/h4-11,13-18,30H,12,19-27H2,1-3H3,(H,38,39). The number of hydrogen-bond donors (Lipinski definition) is 1. The Kier molecular flexibility index (Phi) is 11.5. The van der Waals surface area contributed by atoms with Gasteiger partial charge in [0, 0.05) is 51.6 Å². The zero-order valence-electron chi connectivity index (χ0n) is 27.6. The molecule has 0 aliphatic carbocycles. The number of thiazole rings is 1. The van der Waals surface area contributed by atoms with Crippen molar-refractivity contribution in [3.63, 3.8) is 0 Å². The molecule has 248 valence electrons. The van der Waals surface area contributed by atoms with Crippen LogP contribution >= 0.6 is 11.3 Å². The maximum Gasteiger partial charge on any atom is 0.410 e. The fourth-order valence-corrected chi connectivity index (χ4v) is 6.66.